The van der Waals surface area contributed by atoms with Crippen molar-refractivity contribution in [1.29, 1.82) is 0 Å². The molecule has 4 aromatic heterocycles. The topological polar surface area (TPSA) is 56.7 Å². The molecular weight excluding hydrogens is 717 g/mol. The lowest BCUT2D eigenvalue weighted by atomic mass is 9.99. The van der Waals surface area contributed by atoms with Gasteiger partial charge in [0.2, 0.25) is 5.95 Å². The Balaban J connectivity index is 1.20. The molecule has 0 unspecified atom stereocenters. The van der Waals surface area contributed by atoms with Crippen molar-refractivity contribution in [2.45, 2.75) is 0 Å². The average molecular weight is 757 g/mol. The molecule has 4 heterocycles. The second kappa shape index (κ2) is 12.6. The zero-order valence-electron chi connectivity index (χ0n) is 39.7. The number of thiophene rings is 1. The Morgan fingerprint density at radius 3 is 2.00 bits per heavy atom. The molecule has 12 rings (SSSR count). The van der Waals surface area contributed by atoms with Crippen LogP contribution in [0.5, 0.6) is 0 Å². The van der Waals surface area contributed by atoms with Crippen LogP contribution in [0.1, 0.15) is 13.7 Å². The first-order valence-corrected chi connectivity index (χ1v) is 19.0. The smallest absolute Gasteiger partial charge is 0.238 e. The summed E-state index contributed by atoms with van der Waals surface area (Å²) in [7, 11) is 0. The summed E-state index contributed by atoms with van der Waals surface area (Å²) in [5, 5.41) is 2.16. The molecule has 0 aliphatic rings. The maximum absolute atomic E-state index is 9.62. The van der Waals surface area contributed by atoms with Crippen LogP contribution in [0.25, 0.3) is 115 Å². The summed E-state index contributed by atoms with van der Waals surface area (Å²) in [4.78, 5) is 15.1. The number of hydrogen-bond donors (Lipinski definition) is 0. The molecule has 12 aromatic rings. The molecule has 0 fully saturated rings. The highest BCUT2D eigenvalue weighted by atomic mass is 32.1. The van der Waals surface area contributed by atoms with Gasteiger partial charge in [0.15, 0.2) is 11.6 Å². The molecule has 0 aliphatic carbocycles. The van der Waals surface area contributed by atoms with E-state index in [0.717, 1.165) is 44.4 Å². The molecule has 0 saturated carbocycles. The lowest BCUT2D eigenvalue weighted by Gasteiger charge is -2.12. The fourth-order valence-corrected chi connectivity index (χ4v) is 8.81. The first-order chi connectivity index (χ1) is 32.4. The highest BCUT2D eigenvalue weighted by Gasteiger charge is 2.22. The van der Waals surface area contributed by atoms with Crippen molar-refractivity contribution in [1.82, 2.24) is 19.5 Å². The molecule has 0 spiro atoms. The molecule has 5 nitrogen and oxygen atoms in total. The van der Waals surface area contributed by atoms with E-state index in [0.29, 0.717) is 22.3 Å². The van der Waals surface area contributed by atoms with Gasteiger partial charge in [-0.05, 0) is 70.7 Å². The van der Waals surface area contributed by atoms with Gasteiger partial charge in [0.1, 0.15) is 11.2 Å². The number of nitrogens with zero attached hydrogens (tertiary/aromatic N) is 4. The Kier molecular flexibility index (Phi) is 5.18. The second-order valence-electron chi connectivity index (χ2n) is 13.6. The van der Waals surface area contributed by atoms with E-state index in [4.69, 9.17) is 27.6 Å². The van der Waals surface area contributed by atoms with Crippen LogP contribution < -0.4 is 0 Å². The van der Waals surface area contributed by atoms with Gasteiger partial charge in [-0.25, -0.2) is 4.98 Å². The van der Waals surface area contributed by atoms with Crippen molar-refractivity contribution in [3.63, 3.8) is 0 Å². The molecule has 0 aliphatic heterocycles. The predicted octanol–water partition coefficient (Wildman–Crippen LogP) is 13.9. The average Bonchev–Trinajstić information content (AvgIpc) is 4.06. The summed E-state index contributed by atoms with van der Waals surface area (Å²) in [6.45, 7) is 0. The summed E-state index contributed by atoms with van der Waals surface area (Å²) < 4.78 is 98.5. The van der Waals surface area contributed by atoms with E-state index in [1.807, 2.05) is 115 Å². The molecule has 57 heavy (non-hydrogen) atoms. The summed E-state index contributed by atoms with van der Waals surface area (Å²) in [6.07, 6.45) is 0. The molecule has 0 radical (unpaired) electrons. The molecule has 6 heteroatoms. The fraction of sp³-hybridized carbons (Fsp3) is 0. The summed E-state index contributed by atoms with van der Waals surface area (Å²) >= 11 is 0.943. The number of hydrogen-bond acceptors (Lipinski definition) is 5. The lowest BCUT2D eigenvalue weighted by molar-refractivity contribution is 0.669. The van der Waals surface area contributed by atoms with Gasteiger partial charge < -0.3 is 4.42 Å². The van der Waals surface area contributed by atoms with Gasteiger partial charge in [0.25, 0.3) is 0 Å². The van der Waals surface area contributed by atoms with E-state index in [1.54, 1.807) is 0 Å². The van der Waals surface area contributed by atoms with E-state index in [9.17, 15) is 5.48 Å². The quantitative estimate of drug-likeness (QED) is 0.175. The van der Waals surface area contributed by atoms with Crippen molar-refractivity contribution in [2.75, 3.05) is 0 Å². The van der Waals surface area contributed by atoms with Crippen LogP contribution in [-0.2, 0) is 0 Å². The number of aromatic nitrogens is 4. The van der Waals surface area contributed by atoms with Crippen molar-refractivity contribution >= 4 is 75.3 Å². The third kappa shape index (κ3) is 5.04. The Bertz CT molecular complexity index is 4120. The Morgan fingerprint density at radius 2 is 1.16 bits per heavy atom. The predicted molar refractivity (Wildman–Crippen MR) is 236 cm³/mol. The minimum atomic E-state index is -0.553. The molecule has 0 bridgehead atoms. The van der Waals surface area contributed by atoms with Gasteiger partial charge in [-0.3, -0.25) is 4.57 Å². The summed E-state index contributed by atoms with van der Waals surface area (Å²) in [5.41, 5.74) is 6.16. The van der Waals surface area contributed by atoms with Gasteiger partial charge in [-0.1, -0.05) is 133 Å². The van der Waals surface area contributed by atoms with Crippen molar-refractivity contribution in [2.24, 2.45) is 0 Å². The first kappa shape index (κ1) is 23.5. The van der Waals surface area contributed by atoms with Gasteiger partial charge in [0, 0.05) is 52.8 Å². The Morgan fingerprint density at radius 1 is 0.456 bits per heavy atom. The van der Waals surface area contributed by atoms with Crippen LogP contribution >= 0.6 is 11.3 Å². The maximum Gasteiger partial charge on any atom is 0.238 e. The zero-order chi connectivity index (χ0) is 46.2. The lowest BCUT2D eigenvalue weighted by Crippen LogP contribution is -2.06. The summed E-state index contributed by atoms with van der Waals surface area (Å²) in [6, 6.07) is 34.8. The first-order valence-electron chi connectivity index (χ1n) is 23.2. The second-order valence-corrected chi connectivity index (χ2v) is 14.7. The van der Waals surface area contributed by atoms with E-state index in [-0.39, 0.29) is 83.7 Å². The van der Waals surface area contributed by atoms with E-state index < -0.39 is 36.3 Å². The van der Waals surface area contributed by atoms with Crippen molar-refractivity contribution in [3.05, 3.63) is 182 Å². The number of para-hydroxylation sites is 1. The third-order valence-corrected chi connectivity index (χ3v) is 11.4. The van der Waals surface area contributed by atoms with Crippen LogP contribution in [0.2, 0.25) is 0 Å². The molecule has 0 N–H and O–H groups in total. The highest BCUT2D eigenvalue weighted by molar-refractivity contribution is 7.26. The standard InChI is InChI=1S/C51H30N4OS/c1-3-13-31(14-4-1)33-17-11-18-34(29-33)49-52-50(35-25-26-38-43(30-35)56-42-23-12-21-36(46(38)42)32-15-5-2-6-16-32)54-51(53-49)55-40-22-9-7-19-37(40)47-41(55)27-28-45-48(47)39-20-8-10-24-44(39)57-45/h1-30H/i7D,8D,9D,10D,19D,20D,22D,24D,27D,28D. The SMILES string of the molecule is [2H]c1c([2H])c([2H])c2c(sc3c([2H])c([2H])c4c(c5c([2H])c([2H])c([2H])c([2H])c5n4-c4nc(-c5cccc(-c6ccccc6)c5)nc(-c5ccc6c(c5)oc5cccc(-c7ccccc7)c56)n4)c32)c1[2H]. The minimum Gasteiger partial charge on any atom is -0.456 e. The summed E-state index contributed by atoms with van der Waals surface area (Å²) in [5.74, 6) is 0.277. The van der Waals surface area contributed by atoms with Crippen molar-refractivity contribution < 1.29 is 18.1 Å². The fourth-order valence-electron chi connectivity index (χ4n) is 7.84. The molecule has 0 saturated heterocycles. The monoisotopic (exact) mass is 756 g/mol. The largest absolute Gasteiger partial charge is 0.456 e. The maximum atomic E-state index is 9.62. The number of rotatable bonds is 5. The molecular formula is C51H30N4OS. The van der Waals surface area contributed by atoms with Crippen LogP contribution in [0.3, 0.4) is 0 Å². The van der Waals surface area contributed by atoms with Gasteiger partial charge in [-0.15, -0.1) is 11.3 Å². The van der Waals surface area contributed by atoms with Crippen molar-refractivity contribution in [3.8, 4) is 51.0 Å². The minimum absolute atomic E-state index is 0.0147. The van der Waals surface area contributed by atoms with Crippen LogP contribution in [-0.4, -0.2) is 19.5 Å². The van der Waals surface area contributed by atoms with Crippen LogP contribution in [0.15, 0.2) is 186 Å². The Labute approximate surface area is 344 Å². The normalized spacial score (nSPS) is 14.3. The Hall–Kier alpha value is -7.41. The van der Waals surface area contributed by atoms with Gasteiger partial charge in [0.05, 0.1) is 24.7 Å². The van der Waals surface area contributed by atoms with E-state index in [1.165, 1.54) is 4.57 Å². The third-order valence-electron chi connectivity index (χ3n) is 10.4. The molecule has 8 aromatic carbocycles. The molecule has 0 atom stereocenters. The van der Waals surface area contributed by atoms with Crippen LogP contribution in [0.4, 0.5) is 0 Å². The molecule has 266 valence electrons. The van der Waals surface area contributed by atoms with Gasteiger partial charge in [-0.2, -0.15) is 9.97 Å². The number of furan rings is 1. The molecule has 0 amide bonds. The van der Waals surface area contributed by atoms with Crippen LogP contribution in [0, 0.1) is 0 Å². The number of benzene rings is 8. The van der Waals surface area contributed by atoms with Gasteiger partial charge >= 0.3 is 0 Å². The van der Waals surface area contributed by atoms with E-state index >= 15 is 0 Å². The highest BCUT2D eigenvalue weighted by Crippen LogP contribution is 2.44. The number of fused-ring (bicyclic) bond motifs is 10. The van der Waals surface area contributed by atoms with E-state index in [2.05, 4.69) is 6.07 Å². The zero-order valence-corrected chi connectivity index (χ0v) is 30.5.